The fourth-order valence-electron chi connectivity index (χ4n) is 1.46. The van der Waals surface area contributed by atoms with E-state index in [4.69, 9.17) is 11.1 Å². The van der Waals surface area contributed by atoms with Crippen molar-refractivity contribution in [2.75, 3.05) is 0 Å². The Morgan fingerprint density at radius 3 is 2.79 bits per heavy atom. The van der Waals surface area contributed by atoms with Crippen LogP contribution in [0.25, 0.3) is 0 Å². The number of aromatic nitrogens is 2. The van der Waals surface area contributed by atoms with Crippen molar-refractivity contribution in [3.8, 4) is 0 Å². The number of rotatable bonds is 3. The number of hydrogen-bond donors (Lipinski definition) is 3. The largest absolute Gasteiger partial charge is 0.384 e. The van der Waals surface area contributed by atoms with Crippen LogP contribution in [0.5, 0.6) is 0 Å². The van der Waals surface area contributed by atoms with Gasteiger partial charge in [0.1, 0.15) is 5.84 Å². The summed E-state index contributed by atoms with van der Waals surface area (Å²) in [5.74, 6) is 0.0133. The van der Waals surface area contributed by atoms with Gasteiger partial charge in [0.05, 0.1) is 0 Å². The Kier molecular flexibility index (Phi) is 4.06. The van der Waals surface area contributed by atoms with Crippen LogP contribution >= 0.6 is 27.7 Å². The van der Waals surface area contributed by atoms with Crippen LogP contribution in [0.1, 0.15) is 11.3 Å². The van der Waals surface area contributed by atoms with Crippen molar-refractivity contribution >= 4 is 33.5 Å². The van der Waals surface area contributed by atoms with Gasteiger partial charge < -0.3 is 10.7 Å². The molecular formula is C12H11BrN4OS. The second kappa shape index (κ2) is 5.58. The van der Waals surface area contributed by atoms with Crippen molar-refractivity contribution in [1.82, 2.24) is 9.97 Å². The molecule has 0 fully saturated rings. The summed E-state index contributed by atoms with van der Waals surface area (Å²) in [4.78, 5) is 19.2. The molecule has 0 saturated carbocycles. The number of aromatic amines is 1. The highest BCUT2D eigenvalue weighted by Gasteiger charge is 2.07. The van der Waals surface area contributed by atoms with Crippen molar-refractivity contribution in [2.24, 2.45) is 5.73 Å². The van der Waals surface area contributed by atoms with Crippen LogP contribution in [0.2, 0.25) is 0 Å². The Hall–Kier alpha value is -1.60. The van der Waals surface area contributed by atoms with Gasteiger partial charge in [0, 0.05) is 26.7 Å². The summed E-state index contributed by atoms with van der Waals surface area (Å²) in [5, 5.41) is 7.90. The van der Waals surface area contributed by atoms with Crippen LogP contribution in [0.3, 0.4) is 0 Å². The summed E-state index contributed by atoms with van der Waals surface area (Å²) in [7, 11) is 0. The minimum absolute atomic E-state index is 0.0133. The first kappa shape index (κ1) is 13.8. The van der Waals surface area contributed by atoms with Gasteiger partial charge in [-0.05, 0) is 35.0 Å². The number of nitrogens with one attached hydrogen (secondary N) is 2. The predicted octanol–water partition coefficient (Wildman–Crippen LogP) is 2.28. The zero-order valence-electron chi connectivity index (χ0n) is 10.0. The van der Waals surface area contributed by atoms with E-state index in [1.165, 1.54) is 17.8 Å². The third-order valence-corrected chi connectivity index (χ3v) is 4.18. The molecule has 0 bridgehead atoms. The first-order valence-corrected chi connectivity index (χ1v) is 6.96. The van der Waals surface area contributed by atoms with Crippen molar-refractivity contribution in [2.45, 2.75) is 17.0 Å². The lowest BCUT2D eigenvalue weighted by molar-refractivity contribution is 0.905. The minimum Gasteiger partial charge on any atom is -0.384 e. The van der Waals surface area contributed by atoms with Gasteiger partial charge in [0.2, 0.25) is 0 Å². The molecule has 1 aromatic carbocycles. The van der Waals surface area contributed by atoms with Crippen molar-refractivity contribution in [3.63, 3.8) is 0 Å². The van der Waals surface area contributed by atoms with E-state index in [0.717, 1.165) is 9.37 Å². The molecule has 7 heteroatoms. The molecule has 0 radical (unpaired) electrons. The average molecular weight is 339 g/mol. The zero-order valence-corrected chi connectivity index (χ0v) is 12.4. The van der Waals surface area contributed by atoms with E-state index in [1.54, 1.807) is 19.1 Å². The Morgan fingerprint density at radius 1 is 1.47 bits per heavy atom. The molecule has 98 valence electrons. The molecule has 0 amide bonds. The number of nitrogens with zero attached hydrogens (tertiary/aromatic N) is 1. The Balaban J connectivity index is 2.33. The number of amidine groups is 1. The molecule has 1 heterocycles. The van der Waals surface area contributed by atoms with Gasteiger partial charge >= 0.3 is 0 Å². The average Bonchev–Trinajstić information content (AvgIpc) is 2.30. The summed E-state index contributed by atoms with van der Waals surface area (Å²) in [6, 6.07) is 6.79. The van der Waals surface area contributed by atoms with E-state index in [1.807, 2.05) is 6.07 Å². The molecule has 0 spiro atoms. The molecule has 0 aliphatic heterocycles. The molecule has 19 heavy (non-hydrogen) atoms. The summed E-state index contributed by atoms with van der Waals surface area (Å²) in [6.45, 7) is 1.77. The lowest BCUT2D eigenvalue weighted by atomic mass is 10.2. The highest BCUT2D eigenvalue weighted by atomic mass is 79.9. The minimum atomic E-state index is -0.175. The molecule has 0 unspecified atom stereocenters. The maximum Gasteiger partial charge on any atom is 0.251 e. The third-order valence-electron chi connectivity index (χ3n) is 2.30. The molecule has 2 aromatic rings. The molecule has 0 atom stereocenters. The number of benzene rings is 1. The number of halogens is 1. The first-order valence-electron chi connectivity index (χ1n) is 5.35. The zero-order chi connectivity index (χ0) is 14.0. The highest BCUT2D eigenvalue weighted by molar-refractivity contribution is 9.10. The topological polar surface area (TPSA) is 95.6 Å². The van der Waals surface area contributed by atoms with Gasteiger partial charge in [-0.3, -0.25) is 10.2 Å². The maximum absolute atomic E-state index is 11.4. The third kappa shape index (κ3) is 3.45. The second-order valence-electron chi connectivity index (χ2n) is 3.85. The van der Waals surface area contributed by atoms with Crippen molar-refractivity contribution < 1.29 is 0 Å². The summed E-state index contributed by atoms with van der Waals surface area (Å²) >= 11 is 4.76. The molecule has 2 rings (SSSR count). The maximum atomic E-state index is 11.4. The Labute approximate surface area is 122 Å². The van der Waals surface area contributed by atoms with Gasteiger partial charge in [-0.15, -0.1) is 0 Å². The molecular weight excluding hydrogens is 328 g/mol. The smallest absolute Gasteiger partial charge is 0.251 e. The van der Waals surface area contributed by atoms with E-state index in [2.05, 4.69) is 25.9 Å². The number of nitrogens with two attached hydrogens (primary N) is 1. The van der Waals surface area contributed by atoms with Gasteiger partial charge in [-0.2, -0.15) is 0 Å². The van der Waals surface area contributed by atoms with Gasteiger partial charge in [0.15, 0.2) is 5.16 Å². The fourth-order valence-corrected chi connectivity index (χ4v) is 2.92. The van der Waals surface area contributed by atoms with E-state index >= 15 is 0 Å². The van der Waals surface area contributed by atoms with Gasteiger partial charge in [-0.25, -0.2) is 4.98 Å². The molecule has 1 aromatic heterocycles. The number of hydrogen-bond acceptors (Lipinski definition) is 4. The van der Waals surface area contributed by atoms with Crippen LogP contribution in [0.4, 0.5) is 0 Å². The van der Waals surface area contributed by atoms with E-state index in [-0.39, 0.29) is 11.4 Å². The molecule has 0 aliphatic carbocycles. The fraction of sp³-hybridized carbons (Fsp3) is 0.0833. The standard InChI is InChI=1S/C12H11BrN4OS/c1-6-4-10(18)17-12(16-6)19-9-3-2-7(11(14)15)5-8(9)13/h2-5H,1H3,(H3,14,15)(H,16,17,18). The van der Waals surface area contributed by atoms with Crippen molar-refractivity contribution in [1.29, 1.82) is 5.41 Å². The summed E-state index contributed by atoms with van der Waals surface area (Å²) < 4.78 is 0.800. The summed E-state index contributed by atoms with van der Waals surface area (Å²) in [6.07, 6.45) is 0. The lowest BCUT2D eigenvalue weighted by Crippen LogP contribution is -2.10. The first-order chi connectivity index (χ1) is 8.95. The Morgan fingerprint density at radius 2 is 2.21 bits per heavy atom. The predicted molar refractivity (Wildman–Crippen MR) is 78.9 cm³/mol. The molecule has 0 aliphatic rings. The number of H-pyrrole nitrogens is 1. The highest BCUT2D eigenvalue weighted by Crippen LogP contribution is 2.31. The molecule has 0 saturated heterocycles. The lowest BCUT2D eigenvalue weighted by Gasteiger charge is -2.06. The molecule has 4 N–H and O–H groups in total. The quantitative estimate of drug-likeness (QED) is 0.454. The van der Waals surface area contributed by atoms with Gasteiger partial charge in [-0.1, -0.05) is 17.8 Å². The van der Waals surface area contributed by atoms with Crippen LogP contribution in [-0.4, -0.2) is 15.8 Å². The van der Waals surface area contributed by atoms with E-state index in [9.17, 15) is 4.79 Å². The number of aryl methyl sites for hydroxylation is 1. The van der Waals surface area contributed by atoms with Crippen LogP contribution in [0.15, 0.2) is 43.6 Å². The van der Waals surface area contributed by atoms with E-state index in [0.29, 0.717) is 16.4 Å². The molecule has 5 nitrogen and oxygen atoms in total. The summed E-state index contributed by atoms with van der Waals surface area (Å²) in [5.41, 5.74) is 6.56. The SMILES string of the molecule is Cc1cc(=O)[nH]c(Sc2ccc(C(=N)N)cc2Br)n1. The monoisotopic (exact) mass is 338 g/mol. The van der Waals surface area contributed by atoms with Crippen molar-refractivity contribution in [3.05, 3.63) is 50.3 Å². The van der Waals surface area contributed by atoms with Crippen LogP contribution in [0, 0.1) is 12.3 Å². The number of nitrogen functional groups attached to an aromatic ring is 1. The normalized spacial score (nSPS) is 10.4. The van der Waals surface area contributed by atoms with Crippen LogP contribution < -0.4 is 11.3 Å². The van der Waals surface area contributed by atoms with E-state index < -0.39 is 0 Å². The Bertz CT molecular complexity index is 698. The second-order valence-corrected chi connectivity index (χ2v) is 5.74. The van der Waals surface area contributed by atoms with Gasteiger partial charge in [0.25, 0.3) is 5.56 Å². The van der Waals surface area contributed by atoms with Crippen LogP contribution in [-0.2, 0) is 0 Å².